The van der Waals surface area contributed by atoms with E-state index in [2.05, 4.69) is 13.0 Å². The molecule has 1 unspecified atom stereocenters. The zero-order chi connectivity index (χ0) is 10.4. The highest BCUT2D eigenvalue weighted by Crippen LogP contribution is 2.26. The van der Waals surface area contributed by atoms with Crippen LogP contribution in [-0.2, 0) is 0 Å². The Kier molecular flexibility index (Phi) is 4.99. The lowest BCUT2D eigenvalue weighted by molar-refractivity contribution is 0.272. The van der Waals surface area contributed by atoms with Gasteiger partial charge in [0.15, 0.2) is 0 Å². The Balaban J connectivity index is 2.75. The summed E-state index contributed by atoms with van der Waals surface area (Å²) in [6.45, 7) is 2.41. The second-order valence-corrected chi connectivity index (χ2v) is 3.99. The average Bonchev–Trinajstić information content (AvgIpc) is 2.17. The first kappa shape index (κ1) is 11.5. The summed E-state index contributed by atoms with van der Waals surface area (Å²) in [6.07, 6.45) is 3.08. The molecule has 1 nitrogen and oxygen atoms in total. The third-order valence-electron chi connectivity index (χ3n) is 2.43. The van der Waals surface area contributed by atoms with Gasteiger partial charge in [-0.05, 0) is 36.5 Å². The van der Waals surface area contributed by atoms with Crippen molar-refractivity contribution >= 4 is 11.6 Å². The Morgan fingerprint density at radius 2 is 2.14 bits per heavy atom. The highest BCUT2D eigenvalue weighted by Gasteiger charge is 2.09. The molecule has 0 saturated heterocycles. The highest BCUT2D eigenvalue weighted by atomic mass is 35.5. The van der Waals surface area contributed by atoms with Crippen LogP contribution in [0.4, 0.5) is 0 Å². The van der Waals surface area contributed by atoms with E-state index in [1.54, 1.807) is 0 Å². The molecule has 0 aromatic heterocycles. The summed E-state index contributed by atoms with van der Waals surface area (Å²) < 4.78 is 0. The molecule has 0 bridgehead atoms. The first-order valence-corrected chi connectivity index (χ1v) is 5.52. The molecule has 0 saturated carbocycles. The van der Waals surface area contributed by atoms with Crippen molar-refractivity contribution < 1.29 is 5.11 Å². The molecule has 1 aromatic rings. The molecule has 0 spiro atoms. The van der Waals surface area contributed by atoms with E-state index in [0.717, 1.165) is 24.3 Å². The van der Waals surface area contributed by atoms with Gasteiger partial charge in [-0.25, -0.2) is 0 Å². The number of hydrogen-bond acceptors (Lipinski definition) is 1. The number of rotatable bonds is 5. The number of hydrogen-bond donors (Lipinski definition) is 1. The fraction of sp³-hybridized carbons (Fsp3) is 0.500. The van der Waals surface area contributed by atoms with E-state index in [4.69, 9.17) is 16.7 Å². The maximum atomic E-state index is 8.96. The van der Waals surface area contributed by atoms with Crippen LogP contribution in [0.15, 0.2) is 24.3 Å². The van der Waals surface area contributed by atoms with Crippen molar-refractivity contribution in [2.45, 2.75) is 32.1 Å². The van der Waals surface area contributed by atoms with Gasteiger partial charge in [-0.2, -0.15) is 0 Å². The van der Waals surface area contributed by atoms with Gasteiger partial charge in [0.05, 0.1) is 0 Å². The fourth-order valence-corrected chi connectivity index (χ4v) is 1.94. The minimum atomic E-state index is 0.247. The first-order chi connectivity index (χ1) is 6.77. The molecule has 1 aromatic carbocycles. The van der Waals surface area contributed by atoms with Crippen LogP contribution >= 0.6 is 11.6 Å². The van der Waals surface area contributed by atoms with E-state index in [-0.39, 0.29) is 6.61 Å². The number of aliphatic hydroxyl groups excluding tert-OH is 1. The van der Waals surface area contributed by atoms with E-state index in [0.29, 0.717) is 5.92 Å². The van der Waals surface area contributed by atoms with Crippen LogP contribution in [0.1, 0.15) is 37.7 Å². The van der Waals surface area contributed by atoms with Crippen molar-refractivity contribution in [3.8, 4) is 0 Å². The van der Waals surface area contributed by atoms with Gasteiger partial charge >= 0.3 is 0 Å². The number of halogens is 1. The molecule has 1 atom stereocenters. The van der Waals surface area contributed by atoms with Crippen molar-refractivity contribution in [3.63, 3.8) is 0 Å². The standard InChI is InChI=1S/C12H17ClO/c1-2-4-10(7-8-14)11-5-3-6-12(13)9-11/h3,5-6,9-10,14H,2,4,7-8H2,1H3. The second-order valence-electron chi connectivity index (χ2n) is 3.55. The summed E-state index contributed by atoms with van der Waals surface area (Å²) in [6, 6.07) is 7.93. The minimum absolute atomic E-state index is 0.247. The van der Waals surface area contributed by atoms with E-state index >= 15 is 0 Å². The average molecular weight is 213 g/mol. The topological polar surface area (TPSA) is 20.2 Å². The summed E-state index contributed by atoms with van der Waals surface area (Å²) in [7, 11) is 0. The maximum Gasteiger partial charge on any atom is 0.0436 e. The number of aliphatic hydroxyl groups is 1. The first-order valence-electron chi connectivity index (χ1n) is 5.14. The Bertz CT molecular complexity index is 267. The normalized spacial score (nSPS) is 12.8. The van der Waals surface area contributed by atoms with E-state index in [1.807, 2.05) is 18.2 Å². The van der Waals surface area contributed by atoms with Crippen LogP contribution in [0.5, 0.6) is 0 Å². The predicted molar refractivity (Wildman–Crippen MR) is 60.8 cm³/mol. The van der Waals surface area contributed by atoms with Gasteiger partial charge in [-0.15, -0.1) is 0 Å². The van der Waals surface area contributed by atoms with Crippen LogP contribution in [0.3, 0.4) is 0 Å². The molecule has 0 amide bonds. The lowest BCUT2D eigenvalue weighted by atomic mass is 9.92. The molecule has 0 heterocycles. The summed E-state index contributed by atoms with van der Waals surface area (Å²) in [5.41, 5.74) is 1.24. The molecule has 0 aliphatic rings. The van der Waals surface area contributed by atoms with Gasteiger partial charge in [0.2, 0.25) is 0 Å². The maximum absolute atomic E-state index is 8.96. The molecule has 14 heavy (non-hydrogen) atoms. The Labute approximate surface area is 90.7 Å². The van der Waals surface area contributed by atoms with Crippen LogP contribution in [-0.4, -0.2) is 11.7 Å². The van der Waals surface area contributed by atoms with E-state index in [1.165, 1.54) is 5.56 Å². The van der Waals surface area contributed by atoms with E-state index < -0.39 is 0 Å². The molecule has 0 fully saturated rings. The van der Waals surface area contributed by atoms with Gasteiger partial charge in [0.1, 0.15) is 0 Å². The molecule has 1 N–H and O–H groups in total. The second kappa shape index (κ2) is 6.05. The zero-order valence-electron chi connectivity index (χ0n) is 8.54. The zero-order valence-corrected chi connectivity index (χ0v) is 9.30. The van der Waals surface area contributed by atoms with Gasteiger partial charge in [0.25, 0.3) is 0 Å². The van der Waals surface area contributed by atoms with E-state index in [9.17, 15) is 0 Å². The molecule has 0 aliphatic carbocycles. The largest absolute Gasteiger partial charge is 0.396 e. The smallest absolute Gasteiger partial charge is 0.0436 e. The van der Waals surface area contributed by atoms with Gasteiger partial charge in [-0.3, -0.25) is 0 Å². The summed E-state index contributed by atoms with van der Waals surface area (Å²) in [5, 5.41) is 9.74. The van der Waals surface area contributed by atoms with Crippen molar-refractivity contribution in [1.82, 2.24) is 0 Å². The van der Waals surface area contributed by atoms with Crippen LogP contribution in [0, 0.1) is 0 Å². The fourth-order valence-electron chi connectivity index (χ4n) is 1.74. The van der Waals surface area contributed by atoms with Crippen molar-refractivity contribution in [3.05, 3.63) is 34.9 Å². The molecule has 2 heteroatoms. The van der Waals surface area contributed by atoms with Crippen LogP contribution in [0.25, 0.3) is 0 Å². The molecule has 0 aliphatic heterocycles. The summed E-state index contributed by atoms with van der Waals surface area (Å²) >= 11 is 5.93. The van der Waals surface area contributed by atoms with Crippen molar-refractivity contribution in [2.24, 2.45) is 0 Å². The Morgan fingerprint density at radius 1 is 1.36 bits per heavy atom. The molecular formula is C12H17ClO. The quantitative estimate of drug-likeness (QED) is 0.791. The molecule has 1 rings (SSSR count). The number of benzene rings is 1. The Hall–Kier alpha value is -0.530. The molecule has 0 radical (unpaired) electrons. The lowest BCUT2D eigenvalue weighted by Crippen LogP contribution is -2.01. The molecular weight excluding hydrogens is 196 g/mol. The third kappa shape index (κ3) is 3.32. The summed E-state index contributed by atoms with van der Waals surface area (Å²) in [5.74, 6) is 0.448. The summed E-state index contributed by atoms with van der Waals surface area (Å²) in [4.78, 5) is 0. The highest BCUT2D eigenvalue weighted by molar-refractivity contribution is 6.30. The SMILES string of the molecule is CCCC(CCO)c1cccc(Cl)c1. The van der Waals surface area contributed by atoms with Crippen LogP contribution in [0.2, 0.25) is 5.02 Å². The van der Waals surface area contributed by atoms with Gasteiger partial charge in [-0.1, -0.05) is 37.1 Å². The third-order valence-corrected chi connectivity index (χ3v) is 2.67. The van der Waals surface area contributed by atoms with Crippen LogP contribution < -0.4 is 0 Å². The minimum Gasteiger partial charge on any atom is -0.396 e. The predicted octanol–water partition coefficient (Wildman–Crippen LogP) is 3.61. The van der Waals surface area contributed by atoms with Crippen molar-refractivity contribution in [2.75, 3.05) is 6.61 Å². The monoisotopic (exact) mass is 212 g/mol. The lowest BCUT2D eigenvalue weighted by Gasteiger charge is -2.15. The molecule has 78 valence electrons. The van der Waals surface area contributed by atoms with Crippen molar-refractivity contribution in [1.29, 1.82) is 0 Å². The Morgan fingerprint density at radius 3 is 2.71 bits per heavy atom. The van der Waals surface area contributed by atoms with Gasteiger partial charge in [0, 0.05) is 11.6 Å². The van der Waals surface area contributed by atoms with Gasteiger partial charge < -0.3 is 5.11 Å².